The van der Waals surface area contributed by atoms with E-state index < -0.39 is 46.9 Å². The maximum Gasteiger partial charge on any atom is 0.339 e. The first-order chi connectivity index (χ1) is 24.1. The summed E-state index contributed by atoms with van der Waals surface area (Å²) in [6.07, 6.45) is 11.0. The topological polar surface area (TPSA) is 111 Å². The van der Waals surface area contributed by atoms with E-state index in [9.17, 15) is 28.3 Å². The van der Waals surface area contributed by atoms with Gasteiger partial charge in [-0.25, -0.2) is 18.4 Å². The van der Waals surface area contributed by atoms with E-state index in [0.29, 0.717) is 49.8 Å². The van der Waals surface area contributed by atoms with Crippen molar-refractivity contribution < 1.29 is 42.5 Å². The Labute approximate surface area is 305 Å². The van der Waals surface area contributed by atoms with Crippen molar-refractivity contribution in [2.75, 3.05) is 13.7 Å². The molecule has 3 atom stereocenters. The van der Waals surface area contributed by atoms with E-state index >= 15 is 0 Å². The molecule has 0 unspecified atom stereocenters. The lowest BCUT2D eigenvalue weighted by Crippen LogP contribution is -2.56. The number of methoxy groups -OCH3 is 1. The maximum atomic E-state index is 14.3. The number of alkyl halides is 2. The predicted octanol–water partition coefficient (Wildman–Crippen LogP) is 8.67. The number of carbonyl (C=O) groups is 3. The molecule has 0 heterocycles. The highest BCUT2D eigenvalue weighted by molar-refractivity contribution is 5.93. The maximum absolute atomic E-state index is 14.3. The van der Waals surface area contributed by atoms with E-state index in [4.69, 9.17) is 14.2 Å². The Morgan fingerprint density at radius 3 is 2.06 bits per heavy atom. The van der Waals surface area contributed by atoms with Crippen LogP contribution in [0.4, 0.5) is 8.78 Å². The molecule has 1 aromatic carbocycles. The van der Waals surface area contributed by atoms with Gasteiger partial charge in [0.25, 0.3) is 0 Å². The molecule has 2 N–H and O–H groups in total. The van der Waals surface area contributed by atoms with Crippen LogP contribution in [-0.4, -0.2) is 59.8 Å². The minimum absolute atomic E-state index is 0.0611. The molecule has 0 radical (unpaired) electrons. The van der Waals surface area contributed by atoms with E-state index in [1.54, 1.807) is 65.0 Å². The third kappa shape index (κ3) is 18.6. The fourth-order valence-corrected chi connectivity index (χ4v) is 5.69. The zero-order valence-electron chi connectivity index (χ0n) is 32.1. The van der Waals surface area contributed by atoms with E-state index in [1.165, 1.54) is 13.2 Å². The third-order valence-corrected chi connectivity index (χ3v) is 8.47. The van der Waals surface area contributed by atoms with Crippen LogP contribution in [0.1, 0.15) is 137 Å². The average Bonchev–Trinajstić information content (AvgIpc) is 3.06. The number of benzene rings is 1. The van der Waals surface area contributed by atoms with Crippen molar-refractivity contribution in [3.63, 3.8) is 0 Å². The minimum Gasteiger partial charge on any atom is -0.481 e. The molecule has 0 aromatic heterocycles. The summed E-state index contributed by atoms with van der Waals surface area (Å²) in [6, 6.07) is 5.88. The highest BCUT2D eigenvalue weighted by Gasteiger charge is 2.49. The number of esters is 2. The van der Waals surface area contributed by atoms with Crippen molar-refractivity contribution in [2.45, 2.75) is 161 Å². The molecule has 1 rings (SSSR count). The van der Waals surface area contributed by atoms with E-state index in [-0.39, 0.29) is 32.3 Å². The fraction of sp³-hybridized carbons (Fsp3) is 0.683. The molecule has 8 nitrogen and oxygen atoms in total. The van der Waals surface area contributed by atoms with Gasteiger partial charge in [-0.1, -0.05) is 89.0 Å². The van der Waals surface area contributed by atoms with Crippen LogP contribution < -0.4 is 10.1 Å². The lowest BCUT2D eigenvalue weighted by atomic mass is 9.81. The zero-order chi connectivity index (χ0) is 38.3. The predicted molar refractivity (Wildman–Crippen MR) is 197 cm³/mol. The van der Waals surface area contributed by atoms with Crippen molar-refractivity contribution in [2.24, 2.45) is 5.92 Å². The number of allylic oxidation sites excluding steroid dienone is 1. The van der Waals surface area contributed by atoms with Crippen LogP contribution in [-0.2, 0) is 30.3 Å². The van der Waals surface area contributed by atoms with Gasteiger partial charge in [0.05, 0.1) is 13.0 Å². The van der Waals surface area contributed by atoms with Gasteiger partial charge in [0.2, 0.25) is 11.8 Å². The summed E-state index contributed by atoms with van der Waals surface area (Å²) in [5, 5.41) is 14.6. The van der Waals surface area contributed by atoms with Crippen molar-refractivity contribution >= 4 is 17.8 Å². The number of amides is 1. The molecule has 51 heavy (non-hydrogen) atoms. The molecule has 0 aliphatic heterocycles. The summed E-state index contributed by atoms with van der Waals surface area (Å²) in [5.41, 5.74) is -2.43. The Bertz CT molecular complexity index is 1260. The van der Waals surface area contributed by atoms with E-state index in [1.807, 2.05) is 0 Å². The summed E-state index contributed by atoms with van der Waals surface area (Å²) < 4.78 is 44.7. The quantitative estimate of drug-likeness (QED) is 0.0450. The van der Waals surface area contributed by atoms with Crippen LogP contribution in [0, 0.1) is 17.8 Å². The molecule has 0 bridgehead atoms. The average molecular weight is 720 g/mol. The van der Waals surface area contributed by atoms with Gasteiger partial charge in [0, 0.05) is 19.3 Å². The van der Waals surface area contributed by atoms with Gasteiger partial charge < -0.3 is 24.6 Å². The summed E-state index contributed by atoms with van der Waals surface area (Å²) in [4.78, 5) is 40.2. The number of rotatable bonds is 25. The third-order valence-electron chi connectivity index (χ3n) is 8.47. The Hall–Kier alpha value is -3.45. The Morgan fingerprint density at radius 2 is 1.51 bits per heavy atom. The highest BCUT2D eigenvalue weighted by Crippen LogP contribution is 2.31. The second-order valence-electron chi connectivity index (χ2n) is 14.2. The van der Waals surface area contributed by atoms with Crippen LogP contribution in [0.25, 0.3) is 0 Å². The number of nitrogens with one attached hydrogen (secondary N) is 1. The first-order valence-electron chi connectivity index (χ1n) is 18.6. The highest BCUT2D eigenvalue weighted by atomic mass is 19.3. The van der Waals surface area contributed by atoms with Crippen molar-refractivity contribution in [3.05, 3.63) is 42.0 Å². The number of ether oxygens (including phenoxy) is 3. The van der Waals surface area contributed by atoms with Crippen LogP contribution in [0.3, 0.4) is 0 Å². The molecule has 0 spiro atoms. The SMILES string of the molecule is CC#CCOc1ccc(C[C@H](NC(=O)[C@@H](C=CCCCCCCC(F)(F)CCCCCCC)[C@@](O)(CCC)C(=O)OC(C)(C)C)C(=O)OC)cc1. The number of hydrogen-bond acceptors (Lipinski definition) is 7. The van der Waals surface area contributed by atoms with Crippen molar-refractivity contribution in [1.82, 2.24) is 5.32 Å². The van der Waals surface area contributed by atoms with Crippen molar-refractivity contribution in [1.29, 1.82) is 0 Å². The molecule has 0 aliphatic rings. The molecule has 288 valence electrons. The van der Waals surface area contributed by atoms with Gasteiger partial charge in [-0.05, 0) is 77.5 Å². The zero-order valence-corrected chi connectivity index (χ0v) is 32.1. The second kappa shape index (κ2) is 23.9. The van der Waals surface area contributed by atoms with Crippen LogP contribution in [0.15, 0.2) is 36.4 Å². The summed E-state index contributed by atoms with van der Waals surface area (Å²) >= 11 is 0. The molecule has 0 saturated carbocycles. The standard InChI is InChI=1S/C41H63F2NO7/c1-8-11-13-17-20-28-40(42,43)29-21-18-15-14-16-19-22-34(41(48,27-10-3)38(47)51-39(4,5)6)36(45)44-35(37(46)49-7)31-32-23-25-33(26-24-32)50-30-12-9-2/h19,22-26,34-35,48H,8,10-11,13-18,20-21,27-31H2,1-7H3,(H,44,45)/t34-,35+,41+/m1/s1. The van der Waals surface area contributed by atoms with Gasteiger partial charge in [-0.3, -0.25) is 4.79 Å². The molecule has 10 heteroatoms. The fourth-order valence-electron chi connectivity index (χ4n) is 5.69. The molecular weight excluding hydrogens is 656 g/mol. The van der Waals surface area contributed by atoms with Gasteiger partial charge in [-0.15, -0.1) is 5.92 Å². The Kier molecular flexibility index (Phi) is 21.4. The molecule has 0 aliphatic carbocycles. The van der Waals surface area contributed by atoms with Gasteiger partial charge in [0.1, 0.15) is 24.0 Å². The number of hydrogen-bond donors (Lipinski definition) is 2. The number of carbonyl (C=O) groups excluding carboxylic acids is 3. The molecular formula is C41H63F2NO7. The lowest BCUT2D eigenvalue weighted by Gasteiger charge is -2.34. The van der Waals surface area contributed by atoms with Gasteiger partial charge in [-0.2, -0.15) is 0 Å². The normalized spacial score (nSPS) is 14.2. The minimum atomic E-state index is -2.64. The van der Waals surface area contributed by atoms with Crippen LogP contribution in [0.2, 0.25) is 0 Å². The largest absolute Gasteiger partial charge is 0.481 e. The first kappa shape index (κ1) is 45.6. The lowest BCUT2D eigenvalue weighted by molar-refractivity contribution is -0.184. The van der Waals surface area contributed by atoms with Gasteiger partial charge in [0.15, 0.2) is 5.60 Å². The van der Waals surface area contributed by atoms with Gasteiger partial charge >= 0.3 is 11.9 Å². The molecule has 1 amide bonds. The number of unbranched alkanes of at least 4 members (excludes halogenated alkanes) is 8. The number of halogens is 2. The Balaban J connectivity index is 3.05. The molecule has 1 aromatic rings. The van der Waals surface area contributed by atoms with E-state index in [0.717, 1.165) is 32.1 Å². The van der Waals surface area contributed by atoms with Crippen LogP contribution in [0.5, 0.6) is 5.75 Å². The van der Waals surface area contributed by atoms with Crippen molar-refractivity contribution in [3.8, 4) is 17.6 Å². The Morgan fingerprint density at radius 1 is 0.902 bits per heavy atom. The summed E-state index contributed by atoms with van der Waals surface area (Å²) in [6.45, 7) is 10.9. The van der Waals surface area contributed by atoms with Crippen LogP contribution >= 0.6 is 0 Å². The molecule has 0 fully saturated rings. The monoisotopic (exact) mass is 719 g/mol. The molecule has 0 saturated heterocycles. The number of aliphatic hydroxyl groups is 1. The smallest absolute Gasteiger partial charge is 0.339 e. The van der Waals surface area contributed by atoms with E-state index in [2.05, 4.69) is 24.1 Å². The summed E-state index contributed by atoms with van der Waals surface area (Å²) in [5.74, 6) is -0.217. The second-order valence-corrected chi connectivity index (χ2v) is 14.2. The summed E-state index contributed by atoms with van der Waals surface area (Å²) in [7, 11) is 1.22. The first-order valence-corrected chi connectivity index (χ1v) is 18.6.